The molecule has 7 heteroatoms. The van der Waals surface area contributed by atoms with Gasteiger partial charge >= 0.3 is 0 Å². The van der Waals surface area contributed by atoms with Crippen LogP contribution in [0.2, 0.25) is 0 Å². The van der Waals surface area contributed by atoms with Gasteiger partial charge in [0.25, 0.3) is 5.91 Å². The highest BCUT2D eigenvalue weighted by Gasteiger charge is 2.11. The van der Waals surface area contributed by atoms with Gasteiger partial charge in [-0.3, -0.25) is 15.0 Å². The normalized spacial score (nSPS) is 14.7. The lowest BCUT2D eigenvalue weighted by atomic mass is 10.2. The third kappa shape index (κ3) is 5.32. The summed E-state index contributed by atoms with van der Waals surface area (Å²) in [4.78, 5) is 14.4. The van der Waals surface area contributed by atoms with Crippen LogP contribution in [-0.4, -0.2) is 42.2 Å². The molecule has 26 heavy (non-hydrogen) atoms. The Morgan fingerprint density at radius 1 is 1.08 bits per heavy atom. The van der Waals surface area contributed by atoms with Gasteiger partial charge in [0.15, 0.2) is 5.11 Å². The van der Waals surface area contributed by atoms with Crippen LogP contribution in [0.25, 0.3) is 0 Å². The molecule has 1 aliphatic heterocycles. The molecule has 0 spiro atoms. The van der Waals surface area contributed by atoms with E-state index in [0.29, 0.717) is 5.56 Å². The van der Waals surface area contributed by atoms with E-state index in [-0.39, 0.29) is 16.8 Å². The smallest absolute Gasteiger partial charge is 0.257 e. The Bertz CT molecular complexity index is 759. The van der Waals surface area contributed by atoms with Crippen molar-refractivity contribution in [2.45, 2.75) is 6.54 Å². The maximum absolute atomic E-state index is 12.9. The molecule has 2 N–H and O–H groups in total. The molecular weight excluding hydrogens is 353 g/mol. The fourth-order valence-electron chi connectivity index (χ4n) is 2.65. The number of morpholine rings is 1. The molecule has 1 heterocycles. The fraction of sp³-hybridized carbons (Fsp3) is 0.263. The number of nitrogens with zero attached hydrogens (tertiary/aromatic N) is 1. The standard InChI is InChI=1S/C19H20FN3O2S/c20-16-5-3-15(4-6-16)18(24)22-19(26)21-17-7-1-14(2-8-17)13-23-9-11-25-12-10-23/h1-8H,9-13H2,(H2,21,22,24,26). The van der Waals surface area contributed by atoms with Gasteiger partial charge in [-0.05, 0) is 54.2 Å². The van der Waals surface area contributed by atoms with Crippen LogP contribution in [0, 0.1) is 5.82 Å². The first-order valence-electron chi connectivity index (χ1n) is 8.37. The summed E-state index contributed by atoms with van der Waals surface area (Å²) >= 11 is 5.16. The van der Waals surface area contributed by atoms with E-state index in [4.69, 9.17) is 17.0 Å². The Morgan fingerprint density at radius 2 is 1.73 bits per heavy atom. The van der Waals surface area contributed by atoms with Crippen molar-refractivity contribution < 1.29 is 13.9 Å². The molecule has 1 amide bonds. The van der Waals surface area contributed by atoms with E-state index in [1.807, 2.05) is 24.3 Å². The molecular formula is C19H20FN3O2S. The minimum atomic E-state index is -0.389. The second kappa shape index (κ2) is 8.84. The van der Waals surface area contributed by atoms with Crippen LogP contribution < -0.4 is 10.6 Å². The summed E-state index contributed by atoms with van der Waals surface area (Å²) in [6, 6.07) is 13.2. The SMILES string of the molecule is O=C(NC(=S)Nc1ccc(CN2CCOCC2)cc1)c1ccc(F)cc1. The van der Waals surface area contributed by atoms with Gasteiger partial charge in [-0.25, -0.2) is 4.39 Å². The van der Waals surface area contributed by atoms with Gasteiger partial charge in [-0.2, -0.15) is 0 Å². The molecule has 0 bridgehead atoms. The fourth-order valence-corrected chi connectivity index (χ4v) is 2.86. The number of rotatable bonds is 4. The molecule has 0 unspecified atom stereocenters. The number of thiocarbonyl (C=S) groups is 1. The summed E-state index contributed by atoms with van der Waals surface area (Å²) < 4.78 is 18.3. The van der Waals surface area contributed by atoms with Gasteiger partial charge in [0.05, 0.1) is 13.2 Å². The van der Waals surface area contributed by atoms with E-state index in [9.17, 15) is 9.18 Å². The van der Waals surface area contributed by atoms with E-state index >= 15 is 0 Å². The third-order valence-corrected chi connectivity index (χ3v) is 4.26. The maximum atomic E-state index is 12.9. The summed E-state index contributed by atoms with van der Waals surface area (Å²) in [5, 5.41) is 5.75. The van der Waals surface area contributed by atoms with E-state index in [0.717, 1.165) is 38.5 Å². The van der Waals surface area contributed by atoms with Crippen molar-refractivity contribution in [3.63, 3.8) is 0 Å². The van der Waals surface area contributed by atoms with E-state index in [2.05, 4.69) is 15.5 Å². The number of carbonyl (C=O) groups is 1. The maximum Gasteiger partial charge on any atom is 0.257 e. The highest BCUT2D eigenvalue weighted by molar-refractivity contribution is 7.80. The molecule has 1 saturated heterocycles. The molecule has 1 aliphatic rings. The number of anilines is 1. The molecule has 0 saturated carbocycles. The molecule has 2 aromatic carbocycles. The molecule has 0 aromatic heterocycles. The van der Waals surface area contributed by atoms with Crippen molar-refractivity contribution in [3.05, 3.63) is 65.5 Å². The zero-order valence-corrected chi connectivity index (χ0v) is 15.0. The van der Waals surface area contributed by atoms with E-state index in [1.54, 1.807) is 0 Å². The number of hydrogen-bond acceptors (Lipinski definition) is 4. The lowest BCUT2D eigenvalue weighted by Crippen LogP contribution is -2.35. The second-order valence-electron chi connectivity index (χ2n) is 6.00. The Labute approximate surface area is 157 Å². The molecule has 3 rings (SSSR count). The number of halogens is 1. The summed E-state index contributed by atoms with van der Waals surface area (Å²) in [6.07, 6.45) is 0. The Morgan fingerprint density at radius 3 is 2.38 bits per heavy atom. The molecule has 0 atom stereocenters. The highest BCUT2D eigenvalue weighted by Crippen LogP contribution is 2.12. The zero-order valence-electron chi connectivity index (χ0n) is 14.2. The van der Waals surface area contributed by atoms with Crippen LogP contribution in [0.5, 0.6) is 0 Å². The van der Waals surface area contributed by atoms with E-state index in [1.165, 1.54) is 29.8 Å². The predicted molar refractivity (Wildman–Crippen MR) is 103 cm³/mol. The Kier molecular flexibility index (Phi) is 6.27. The minimum Gasteiger partial charge on any atom is -0.379 e. The van der Waals surface area contributed by atoms with Gasteiger partial charge in [-0.15, -0.1) is 0 Å². The number of nitrogens with one attached hydrogen (secondary N) is 2. The second-order valence-corrected chi connectivity index (χ2v) is 6.41. The quantitative estimate of drug-likeness (QED) is 0.808. The van der Waals surface area contributed by atoms with Crippen LogP contribution >= 0.6 is 12.2 Å². The van der Waals surface area contributed by atoms with Crippen LogP contribution in [-0.2, 0) is 11.3 Å². The minimum absolute atomic E-state index is 0.195. The Balaban J connectivity index is 1.50. The first-order valence-corrected chi connectivity index (χ1v) is 8.78. The largest absolute Gasteiger partial charge is 0.379 e. The van der Waals surface area contributed by atoms with Crippen molar-refractivity contribution in [1.29, 1.82) is 0 Å². The highest BCUT2D eigenvalue weighted by atomic mass is 32.1. The van der Waals surface area contributed by atoms with Crippen LogP contribution in [0.4, 0.5) is 10.1 Å². The lowest BCUT2D eigenvalue weighted by Gasteiger charge is -2.26. The number of hydrogen-bond donors (Lipinski definition) is 2. The molecule has 0 aliphatic carbocycles. The van der Waals surface area contributed by atoms with Crippen molar-refractivity contribution in [3.8, 4) is 0 Å². The lowest BCUT2D eigenvalue weighted by molar-refractivity contribution is 0.0342. The average Bonchev–Trinajstić information content (AvgIpc) is 2.64. The van der Waals surface area contributed by atoms with E-state index < -0.39 is 0 Å². The van der Waals surface area contributed by atoms with Crippen molar-refractivity contribution in [2.75, 3.05) is 31.6 Å². The zero-order chi connectivity index (χ0) is 18.4. The first-order chi connectivity index (χ1) is 12.6. The Hall–Kier alpha value is -2.35. The van der Waals surface area contributed by atoms with Gasteiger partial charge in [0.2, 0.25) is 0 Å². The van der Waals surface area contributed by atoms with Gasteiger partial charge in [0.1, 0.15) is 5.82 Å². The van der Waals surface area contributed by atoms with Crippen molar-refractivity contribution in [2.24, 2.45) is 0 Å². The number of ether oxygens (including phenoxy) is 1. The monoisotopic (exact) mass is 373 g/mol. The van der Waals surface area contributed by atoms with Crippen LogP contribution in [0.15, 0.2) is 48.5 Å². The van der Waals surface area contributed by atoms with Crippen LogP contribution in [0.1, 0.15) is 15.9 Å². The third-order valence-electron chi connectivity index (χ3n) is 4.06. The molecule has 2 aromatic rings. The average molecular weight is 373 g/mol. The summed E-state index contributed by atoms with van der Waals surface area (Å²) in [6.45, 7) is 4.33. The van der Waals surface area contributed by atoms with Crippen molar-refractivity contribution >= 4 is 28.9 Å². The molecule has 0 radical (unpaired) electrons. The number of benzene rings is 2. The summed E-state index contributed by atoms with van der Waals surface area (Å²) in [5.74, 6) is -0.772. The topological polar surface area (TPSA) is 53.6 Å². The van der Waals surface area contributed by atoms with Gasteiger partial charge < -0.3 is 10.1 Å². The number of amides is 1. The van der Waals surface area contributed by atoms with Crippen molar-refractivity contribution in [1.82, 2.24) is 10.2 Å². The van der Waals surface area contributed by atoms with Crippen LogP contribution in [0.3, 0.4) is 0 Å². The molecule has 136 valence electrons. The summed E-state index contributed by atoms with van der Waals surface area (Å²) in [7, 11) is 0. The van der Waals surface area contributed by atoms with Gasteiger partial charge in [0, 0.05) is 30.9 Å². The molecule has 5 nitrogen and oxygen atoms in total. The molecule has 1 fully saturated rings. The summed E-state index contributed by atoms with van der Waals surface area (Å²) in [5.41, 5.74) is 2.34. The van der Waals surface area contributed by atoms with Gasteiger partial charge in [-0.1, -0.05) is 12.1 Å². The predicted octanol–water partition coefficient (Wildman–Crippen LogP) is 2.78. The number of carbonyl (C=O) groups excluding carboxylic acids is 1. The first kappa shape index (κ1) is 18.4.